The van der Waals surface area contributed by atoms with E-state index in [1.807, 2.05) is 24.5 Å². The molecular weight excluding hydrogens is 244 g/mol. The zero-order valence-electron chi connectivity index (χ0n) is 10.8. The molecule has 1 aromatic rings. The van der Waals surface area contributed by atoms with Gasteiger partial charge in [0.25, 0.3) is 0 Å². The third kappa shape index (κ3) is 2.80. The van der Waals surface area contributed by atoms with E-state index in [1.54, 1.807) is 11.8 Å². The second-order valence-corrected chi connectivity index (χ2v) is 5.68. The number of nitrogens with one attached hydrogen (secondary N) is 1. The van der Waals surface area contributed by atoms with Gasteiger partial charge in [0.2, 0.25) is 0 Å². The monoisotopic (exact) mass is 262 g/mol. The van der Waals surface area contributed by atoms with Crippen molar-refractivity contribution in [2.24, 2.45) is 0 Å². The van der Waals surface area contributed by atoms with Gasteiger partial charge in [-0.05, 0) is 38.2 Å². The van der Waals surface area contributed by atoms with Crippen LogP contribution < -0.4 is 5.32 Å². The lowest BCUT2D eigenvalue weighted by Gasteiger charge is -2.35. The zero-order chi connectivity index (χ0) is 13.0. The highest BCUT2D eigenvalue weighted by atomic mass is 32.2. The Bertz CT molecular complexity index is 461. The number of nitriles is 1. The van der Waals surface area contributed by atoms with E-state index in [-0.39, 0.29) is 5.54 Å². The maximum atomic E-state index is 9.31. The first-order chi connectivity index (χ1) is 8.68. The summed E-state index contributed by atoms with van der Waals surface area (Å²) in [7, 11) is 0. The van der Waals surface area contributed by atoms with Crippen LogP contribution in [0.3, 0.4) is 0 Å². The Kier molecular flexibility index (Phi) is 4.15. The lowest BCUT2D eigenvalue weighted by molar-refractivity contribution is 0.0540. The molecule has 0 aromatic heterocycles. The molecule has 1 fully saturated rings. The Labute approximate surface area is 113 Å². The summed E-state index contributed by atoms with van der Waals surface area (Å²) in [5.74, 6) is 0. The molecule has 4 heteroatoms. The molecule has 0 bridgehead atoms. The van der Waals surface area contributed by atoms with Crippen LogP contribution in [0.15, 0.2) is 23.1 Å². The molecule has 1 aromatic carbocycles. The highest BCUT2D eigenvalue weighted by Crippen LogP contribution is 2.30. The van der Waals surface area contributed by atoms with Gasteiger partial charge in [-0.15, -0.1) is 11.8 Å². The molecule has 18 heavy (non-hydrogen) atoms. The molecule has 1 heterocycles. The van der Waals surface area contributed by atoms with E-state index < -0.39 is 0 Å². The van der Waals surface area contributed by atoms with E-state index >= 15 is 0 Å². The average Bonchev–Trinajstić information content (AvgIpc) is 2.38. The largest absolute Gasteiger partial charge is 0.379 e. The summed E-state index contributed by atoms with van der Waals surface area (Å²) < 4.78 is 5.54. The Morgan fingerprint density at radius 2 is 2.33 bits per heavy atom. The molecule has 1 saturated heterocycles. The molecular formula is C14H18N2OS. The van der Waals surface area contributed by atoms with E-state index in [2.05, 4.69) is 18.3 Å². The minimum absolute atomic E-state index is 0.0686. The predicted octanol–water partition coefficient (Wildman–Crippen LogP) is 3.26. The van der Waals surface area contributed by atoms with Crippen molar-refractivity contribution in [3.8, 4) is 6.07 Å². The van der Waals surface area contributed by atoms with Crippen LogP contribution in [0.5, 0.6) is 0 Å². The first-order valence-electron chi connectivity index (χ1n) is 6.11. The first kappa shape index (κ1) is 13.3. The number of anilines is 1. The van der Waals surface area contributed by atoms with Crippen molar-refractivity contribution in [2.75, 3.05) is 24.8 Å². The molecule has 0 amide bonds. The zero-order valence-corrected chi connectivity index (χ0v) is 11.6. The van der Waals surface area contributed by atoms with E-state index in [4.69, 9.17) is 4.74 Å². The maximum Gasteiger partial charge on any atom is 0.102 e. The molecule has 2 rings (SSSR count). The van der Waals surface area contributed by atoms with Gasteiger partial charge in [0.15, 0.2) is 0 Å². The van der Waals surface area contributed by atoms with Crippen molar-refractivity contribution in [3.05, 3.63) is 23.8 Å². The normalized spacial score (nSPS) is 23.4. The third-order valence-electron chi connectivity index (χ3n) is 3.23. The van der Waals surface area contributed by atoms with E-state index in [9.17, 15) is 5.26 Å². The van der Waals surface area contributed by atoms with Crippen LogP contribution in [-0.2, 0) is 4.74 Å². The predicted molar refractivity (Wildman–Crippen MR) is 75.0 cm³/mol. The molecule has 0 saturated carbocycles. The van der Waals surface area contributed by atoms with Crippen LogP contribution in [-0.4, -0.2) is 25.0 Å². The SMILES string of the molecule is CSc1cccc(NC2(C)CCCOC2)c1C#N. The van der Waals surface area contributed by atoms with Crippen LogP contribution in [0.2, 0.25) is 0 Å². The lowest BCUT2D eigenvalue weighted by Crippen LogP contribution is -2.43. The van der Waals surface area contributed by atoms with Gasteiger partial charge in [0.05, 0.1) is 23.4 Å². The molecule has 1 N–H and O–H groups in total. The molecule has 1 aliphatic rings. The highest BCUT2D eigenvalue weighted by Gasteiger charge is 2.28. The van der Waals surface area contributed by atoms with Gasteiger partial charge in [-0.1, -0.05) is 6.07 Å². The van der Waals surface area contributed by atoms with Gasteiger partial charge in [-0.3, -0.25) is 0 Å². The number of hydrogen-bond acceptors (Lipinski definition) is 4. The summed E-state index contributed by atoms with van der Waals surface area (Å²) in [6.45, 7) is 3.69. The number of nitrogens with zero attached hydrogens (tertiary/aromatic N) is 1. The van der Waals surface area contributed by atoms with Crippen LogP contribution in [0, 0.1) is 11.3 Å². The van der Waals surface area contributed by atoms with Gasteiger partial charge in [-0.25, -0.2) is 0 Å². The van der Waals surface area contributed by atoms with Gasteiger partial charge >= 0.3 is 0 Å². The molecule has 1 atom stereocenters. The first-order valence-corrected chi connectivity index (χ1v) is 7.34. The summed E-state index contributed by atoms with van der Waals surface area (Å²) in [5.41, 5.74) is 1.58. The average molecular weight is 262 g/mol. The summed E-state index contributed by atoms with van der Waals surface area (Å²) in [5, 5.41) is 12.8. The van der Waals surface area contributed by atoms with Crippen molar-refractivity contribution in [3.63, 3.8) is 0 Å². The third-order valence-corrected chi connectivity index (χ3v) is 4.01. The van der Waals surface area contributed by atoms with Gasteiger partial charge in [-0.2, -0.15) is 5.26 Å². The molecule has 1 aliphatic heterocycles. The highest BCUT2D eigenvalue weighted by molar-refractivity contribution is 7.98. The van der Waals surface area contributed by atoms with Crippen LogP contribution in [0.1, 0.15) is 25.3 Å². The Morgan fingerprint density at radius 1 is 1.50 bits per heavy atom. The smallest absolute Gasteiger partial charge is 0.102 e. The van der Waals surface area contributed by atoms with Gasteiger partial charge in [0, 0.05) is 11.5 Å². The number of benzene rings is 1. The Hall–Kier alpha value is -1.18. The fourth-order valence-corrected chi connectivity index (χ4v) is 2.85. The molecule has 0 aliphatic carbocycles. The van der Waals surface area contributed by atoms with Gasteiger partial charge in [0.1, 0.15) is 6.07 Å². The molecule has 3 nitrogen and oxygen atoms in total. The summed E-state index contributed by atoms with van der Waals surface area (Å²) in [6, 6.07) is 8.24. The standard InChI is InChI=1S/C14H18N2OS/c1-14(7-4-8-17-10-14)16-12-5-3-6-13(18-2)11(12)9-15/h3,5-6,16H,4,7-8,10H2,1-2H3. The van der Waals surface area contributed by atoms with Crippen LogP contribution in [0.4, 0.5) is 5.69 Å². The maximum absolute atomic E-state index is 9.31. The van der Waals surface area contributed by atoms with Crippen molar-refractivity contribution < 1.29 is 4.74 Å². The Balaban J connectivity index is 2.26. The van der Waals surface area contributed by atoms with Crippen molar-refractivity contribution >= 4 is 17.4 Å². The summed E-state index contributed by atoms with van der Waals surface area (Å²) in [6.07, 6.45) is 4.13. The topological polar surface area (TPSA) is 45.0 Å². The molecule has 0 radical (unpaired) electrons. The van der Waals surface area contributed by atoms with E-state index in [0.29, 0.717) is 6.61 Å². The molecule has 0 spiro atoms. The van der Waals surface area contributed by atoms with Crippen LogP contribution >= 0.6 is 11.8 Å². The molecule has 96 valence electrons. The fourth-order valence-electron chi connectivity index (χ4n) is 2.28. The lowest BCUT2D eigenvalue weighted by atomic mass is 9.94. The molecule has 1 unspecified atom stereocenters. The number of hydrogen-bond donors (Lipinski definition) is 1. The Morgan fingerprint density at radius 3 is 2.94 bits per heavy atom. The van der Waals surface area contributed by atoms with Gasteiger partial charge < -0.3 is 10.1 Å². The van der Waals surface area contributed by atoms with Crippen LogP contribution in [0.25, 0.3) is 0 Å². The van der Waals surface area contributed by atoms with Crippen molar-refractivity contribution in [1.82, 2.24) is 0 Å². The minimum atomic E-state index is -0.0686. The summed E-state index contributed by atoms with van der Waals surface area (Å²) in [4.78, 5) is 1.02. The van der Waals surface area contributed by atoms with E-state index in [1.165, 1.54) is 0 Å². The second kappa shape index (κ2) is 5.64. The second-order valence-electron chi connectivity index (χ2n) is 4.84. The fraction of sp³-hybridized carbons (Fsp3) is 0.500. The van der Waals surface area contributed by atoms with Crippen molar-refractivity contribution in [1.29, 1.82) is 5.26 Å². The quantitative estimate of drug-likeness (QED) is 0.849. The number of thioether (sulfide) groups is 1. The summed E-state index contributed by atoms with van der Waals surface area (Å²) >= 11 is 1.60. The number of ether oxygens (including phenoxy) is 1. The van der Waals surface area contributed by atoms with Crippen molar-refractivity contribution in [2.45, 2.75) is 30.2 Å². The minimum Gasteiger partial charge on any atom is -0.379 e. The number of rotatable bonds is 3. The van der Waals surface area contributed by atoms with E-state index in [0.717, 1.165) is 35.6 Å².